The minimum Gasteiger partial charge on any atom is -0.217 e. The molecule has 1 aromatic carbocycles. The Morgan fingerprint density at radius 2 is 2.23 bits per heavy atom. The van der Waals surface area contributed by atoms with Crippen LogP contribution >= 0.6 is 15.9 Å². The first-order chi connectivity index (χ1) is 8.36. The second kappa shape index (κ2) is 3.26. The van der Waals surface area contributed by atoms with E-state index < -0.39 is 35.7 Å². The quantitative estimate of drug-likeness (QED) is 0.773. The molecule has 0 unspecified atom stereocenters. The van der Waals surface area contributed by atoms with Crippen molar-refractivity contribution in [1.29, 1.82) is 0 Å². The topological polar surface area (TPSA) is 30.7 Å². The Balaban J connectivity index is 2.84. The summed E-state index contributed by atoms with van der Waals surface area (Å²) in [7, 11) is 0. The van der Waals surface area contributed by atoms with E-state index in [0.717, 1.165) is 0 Å². The average Bonchev–Trinajstić information content (AvgIpc) is 2.66. The van der Waals surface area contributed by atoms with E-state index in [4.69, 9.17) is 6.85 Å². The van der Waals surface area contributed by atoms with Gasteiger partial charge in [0.15, 0.2) is 0 Å². The fraction of sp³-hybridized carbons (Fsp3) is 0. The Morgan fingerprint density at radius 3 is 2.92 bits per heavy atom. The van der Waals surface area contributed by atoms with Gasteiger partial charge >= 0.3 is 0 Å². The summed E-state index contributed by atoms with van der Waals surface area (Å²) < 4.78 is 51.9. The lowest BCUT2D eigenvalue weighted by Gasteiger charge is -1.99. The molecule has 0 saturated carbocycles. The highest BCUT2D eigenvalue weighted by Crippen LogP contribution is 2.12. The van der Waals surface area contributed by atoms with Crippen molar-refractivity contribution in [2.75, 3.05) is 0 Å². The molecular weight excluding hydrogens is 237 g/mol. The van der Waals surface area contributed by atoms with Crippen LogP contribution in [0.1, 0.15) is 6.85 Å². The zero-order valence-corrected chi connectivity index (χ0v) is 7.68. The Labute approximate surface area is 89.3 Å². The lowest BCUT2D eigenvalue weighted by molar-refractivity contribution is 0.607. The van der Waals surface area contributed by atoms with E-state index in [2.05, 4.69) is 26.2 Å². The normalized spacial score (nSPS) is 15.7. The Bertz CT molecular complexity index is 615. The van der Waals surface area contributed by atoms with Gasteiger partial charge in [-0.3, -0.25) is 0 Å². The van der Waals surface area contributed by atoms with Crippen LogP contribution < -0.4 is 0 Å². The maximum absolute atomic E-state index is 13.9. The fourth-order valence-electron chi connectivity index (χ4n) is 0.753. The van der Waals surface area contributed by atoms with Crippen molar-refractivity contribution < 1.29 is 11.2 Å². The van der Waals surface area contributed by atoms with Crippen molar-refractivity contribution in [3.05, 3.63) is 40.8 Å². The van der Waals surface area contributed by atoms with E-state index in [1.165, 1.54) is 0 Å². The number of aromatic nitrogens is 3. The van der Waals surface area contributed by atoms with Gasteiger partial charge in [-0.15, -0.1) is 5.10 Å². The third-order valence-electron chi connectivity index (χ3n) is 1.26. The predicted molar refractivity (Wildman–Crippen MR) is 49.0 cm³/mol. The van der Waals surface area contributed by atoms with Gasteiger partial charge in [-0.25, -0.2) is 9.07 Å². The van der Waals surface area contributed by atoms with Gasteiger partial charge in [0.25, 0.3) is 0 Å². The molecule has 0 saturated heterocycles. The van der Waals surface area contributed by atoms with Crippen molar-refractivity contribution in [1.82, 2.24) is 15.0 Å². The van der Waals surface area contributed by atoms with E-state index in [0.29, 0.717) is 4.68 Å². The van der Waals surface area contributed by atoms with Crippen LogP contribution in [0.3, 0.4) is 0 Å². The molecular formula is C8H5BrFN3. The number of para-hydroxylation sites is 1. The predicted octanol–water partition coefficient (Wildman–Crippen LogP) is 2.17. The molecule has 0 spiro atoms. The highest BCUT2D eigenvalue weighted by atomic mass is 79.9. The minimum atomic E-state index is -1.17. The Morgan fingerprint density at radius 1 is 1.46 bits per heavy atom. The number of nitrogens with zero attached hydrogens (tertiary/aromatic N) is 3. The van der Waals surface area contributed by atoms with E-state index in [1.54, 1.807) is 0 Å². The summed E-state index contributed by atoms with van der Waals surface area (Å²) in [5.74, 6) is -1.17. The number of rotatable bonds is 1. The highest BCUT2D eigenvalue weighted by Gasteiger charge is 2.04. The van der Waals surface area contributed by atoms with Crippen LogP contribution in [0.2, 0.25) is 0 Å². The van der Waals surface area contributed by atoms with Crippen LogP contribution in [0.15, 0.2) is 34.9 Å². The number of halogens is 2. The molecule has 0 fully saturated rings. The molecule has 3 nitrogen and oxygen atoms in total. The summed E-state index contributed by atoms with van der Waals surface area (Å²) in [4.78, 5) is 0. The van der Waals surface area contributed by atoms with Gasteiger partial charge in [0.2, 0.25) is 0 Å². The van der Waals surface area contributed by atoms with Gasteiger partial charge in [-0.1, -0.05) is 17.3 Å². The summed E-state index contributed by atoms with van der Waals surface area (Å²) in [6.07, 6.45) is -0.307. The molecule has 13 heavy (non-hydrogen) atoms. The molecule has 0 bridgehead atoms. The monoisotopic (exact) mass is 246 g/mol. The van der Waals surface area contributed by atoms with E-state index in [9.17, 15) is 4.39 Å². The van der Waals surface area contributed by atoms with Gasteiger partial charge in [-0.2, -0.15) is 0 Å². The minimum absolute atomic E-state index is 0.0503. The van der Waals surface area contributed by atoms with E-state index in [-0.39, 0.29) is 10.8 Å². The molecule has 0 aliphatic heterocycles. The van der Waals surface area contributed by atoms with Crippen LogP contribution in [0, 0.1) is 5.82 Å². The van der Waals surface area contributed by atoms with Crippen molar-refractivity contribution in [2.45, 2.75) is 0 Å². The summed E-state index contributed by atoms with van der Waals surface area (Å²) >= 11 is 2.92. The van der Waals surface area contributed by atoms with Crippen molar-refractivity contribution in [3.8, 4) is 5.69 Å². The maximum atomic E-state index is 13.9. The van der Waals surface area contributed by atoms with Crippen LogP contribution in [0.25, 0.3) is 5.69 Å². The van der Waals surface area contributed by atoms with Crippen LogP contribution in [-0.2, 0) is 0 Å². The van der Waals surface area contributed by atoms with Crippen LogP contribution in [0.5, 0.6) is 0 Å². The molecule has 1 aromatic heterocycles. The lowest BCUT2D eigenvalue weighted by Crippen LogP contribution is -1.97. The molecule has 1 heterocycles. The second-order valence-corrected chi connectivity index (χ2v) is 2.82. The standard InChI is InChI=1S/C8H5BrFN3/c9-8-5-13(12-11-8)7-4-2-1-3-6(7)10/h1-5H/i1D,2D,3D,4D,5D. The highest BCUT2D eigenvalue weighted by molar-refractivity contribution is 9.10. The van der Waals surface area contributed by atoms with E-state index >= 15 is 0 Å². The molecule has 2 rings (SSSR count). The average molecular weight is 247 g/mol. The first-order valence-electron chi connectivity index (χ1n) is 5.70. The SMILES string of the molecule is [2H]c1c([2H])c([2H])c(-n2nnc(Br)c2[2H])c(F)c1[2H]. The molecule has 0 N–H and O–H groups in total. The molecule has 0 radical (unpaired) electrons. The molecule has 2 aromatic rings. The van der Waals surface area contributed by atoms with Crippen LogP contribution in [0.4, 0.5) is 4.39 Å². The Hall–Kier alpha value is -1.23. The molecule has 66 valence electrons. The molecule has 0 aliphatic rings. The van der Waals surface area contributed by atoms with Gasteiger partial charge in [0.05, 0.1) is 13.0 Å². The summed E-state index contributed by atoms with van der Waals surface area (Å²) in [6.45, 7) is 0. The molecule has 0 aliphatic carbocycles. The van der Waals surface area contributed by atoms with Gasteiger partial charge in [0, 0.05) is 0 Å². The number of benzene rings is 1. The van der Waals surface area contributed by atoms with Crippen LogP contribution in [-0.4, -0.2) is 15.0 Å². The zero-order valence-electron chi connectivity index (χ0n) is 11.1. The summed E-state index contributed by atoms with van der Waals surface area (Å²) in [6, 6.07) is -2.69. The fourth-order valence-corrected chi connectivity index (χ4v) is 0.992. The molecule has 0 amide bonds. The number of hydrogen-bond acceptors (Lipinski definition) is 2. The third-order valence-corrected chi connectivity index (χ3v) is 1.59. The molecule has 5 heteroatoms. The van der Waals surface area contributed by atoms with Gasteiger partial charge in [-0.05, 0) is 28.0 Å². The lowest BCUT2D eigenvalue weighted by atomic mass is 10.3. The van der Waals surface area contributed by atoms with Crippen molar-refractivity contribution in [3.63, 3.8) is 0 Å². The Kier molecular flexibility index (Phi) is 1.08. The van der Waals surface area contributed by atoms with E-state index in [1.807, 2.05) is 0 Å². The summed E-state index contributed by atoms with van der Waals surface area (Å²) in [5, 5.41) is 6.94. The first kappa shape index (κ1) is 4.32. The van der Waals surface area contributed by atoms with Gasteiger partial charge < -0.3 is 0 Å². The second-order valence-electron chi connectivity index (χ2n) is 2.07. The smallest absolute Gasteiger partial charge is 0.148 e. The van der Waals surface area contributed by atoms with Crippen molar-refractivity contribution in [2.24, 2.45) is 0 Å². The summed E-state index contributed by atoms with van der Waals surface area (Å²) in [5.41, 5.74) is -0.524. The molecule has 0 atom stereocenters. The zero-order chi connectivity index (χ0) is 13.6. The first-order valence-corrected chi connectivity index (χ1v) is 3.99. The maximum Gasteiger partial charge on any atom is 0.148 e. The number of hydrogen-bond donors (Lipinski definition) is 0. The largest absolute Gasteiger partial charge is 0.217 e. The van der Waals surface area contributed by atoms with Gasteiger partial charge in [0.1, 0.15) is 16.1 Å². The third kappa shape index (κ3) is 1.60. The van der Waals surface area contributed by atoms with Crippen molar-refractivity contribution >= 4 is 15.9 Å².